The predicted octanol–water partition coefficient (Wildman–Crippen LogP) is 3.62. The third kappa shape index (κ3) is 3.67. The van der Waals surface area contributed by atoms with Gasteiger partial charge in [0, 0.05) is 13.1 Å². The average Bonchev–Trinajstić information content (AvgIpc) is 3.60. The Bertz CT molecular complexity index is 1710. The summed E-state index contributed by atoms with van der Waals surface area (Å²) < 4.78 is 48.7. The van der Waals surface area contributed by atoms with E-state index in [4.69, 9.17) is 10.5 Å². The molecule has 0 spiro atoms. The number of halogens is 1. The van der Waals surface area contributed by atoms with E-state index in [0.717, 1.165) is 5.56 Å². The predicted molar refractivity (Wildman–Crippen MR) is 135 cm³/mol. The molecule has 3 heterocycles. The number of hydrogen-bond acceptors (Lipinski definition) is 7. The van der Waals surface area contributed by atoms with Gasteiger partial charge in [-0.15, -0.1) is 0 Å². The van der Waals surface area contributed by atoms with Crippen molar-refractivity contribution >= 4 is 38.1 Å². The maximum atomic E-state index is 15.2. The number of nitrogens with zero attached hydrogens (tertiary/aromatic N) is 4. The fraction of sp³-hybridized carbons (Fsp3) is 0.346. The van der Waals surface area contributed by atoms with E-state index in [-0.39, 0.29) is 28.1 Å². The van der Waals surface area contributed by atoms with Crippen molar-refractivity contribution in [3.05, 3.63) is 65.4 Å². The monoisotopic (exact) mass is 523 g/mol. The molecule has 1 atom stereocenters. The number of benzene rings is 2. The number of nitrogen functional groups attached to an aromatic ring is 1. The summed E-state index contributed by atoms with van der Waals surface area (Å²) in [5.41, 5.74) is 7.91. The molecule has 0 saturated heterocycles. The standard InChI is InChI=1S/C26H26FN5O4S/c1-26(2)18-8-15(37(34,35)14-4-5-14)6-7-16(18)23(12-36-26)31(3)25(33)17-9-21-20(10-19(17)27)30-24(28)22-11-29-13-32(21)22/h6-11,13-14,23H,4-5,12H2,1-3H3,(H2,28,30)/t23-/m1/s1. The number of amides is 1. The minimum Gasteiger partial charge on any atom is -0.382 e. The number of carbonyl (C=O) groups is 1. The summed E-state index contributed by atoms with van der Waals surface area (Å²) in [5.74, 6) is -1.06. The number of hydrogen-bond donors (Lipinski definition) is 1. The molecule has 0 bridgehead atoms. The van der Waals surface area contributed by atoms with E-state index in [0.29, 0.717) is 35.0 Å². The summed E-state index contributed by atoms with van der Waals surface area (Å²) in [7, 11) is -1.81. The molecule has 1 amide bonds. The average molecular weight is 524 g/mol. The van der Waals surface area contributed by atoms with Crippen molar-refractivity contribution < 1.29 is 22.3 Å². The van der Waals surface area contributed by atoms with Crippen LogP contribution in [-0.4, -0.2) is 52.5 Å². The van der Waals surface area contributed by atoms with Crippen LogP contribution in [0.25, 0.3) is 16.6 Å². The summed E-state index contributed by atoms with van der Waals surface area (Å²) in [6.45, 7) is 3.92. The van der Waals surface area contributed by atoms with Crippen LogP contribution in [0.3, 0.4) is 0 Å². The van der Waals surface area contributed by atoms with E-state index in [1.807, 2.05) is 13.8 Å². The van der Waals surface area contributed by atoms with Crippen LogP contribution < -0.4 is 5.73 Å². The van der Waals surface area contributed by atoms with Gasteiger partial charge in [0.2, 0.25) is 0 Å². The van der Waals surface area contributed by atoms with Gasteiger partial charge in [-0.25, -0.2) is 22.8 Å². The van der Waals surface area contributed by atoms with Crippen molar-refractivity contribution in [2.24, 2.45) is 0 Å². The molecule has 37 heavy (non-hydrogen) atoms. The van der Waals surface area contributed by atoms with Gasteiger partial charge in [0.15, 0.2) is 9.84 Å². The van der Waals surface area contributed by atoms with Crippen LogP contribution in [0.2, 0.25) is 0 Å². The van der Waals surface area contributed by atoms with Gasteiger partial charge in [0.1, 0.15) is 17.2 Å². The Kier molecular flexibility index (Phi) is 5.12. The number of nitrogens with two attached hydrogens (primary N) is 1. The quantitative estimate of drug-likeness (QED) is 0.434. The van der Waals surface area contributed by atoms with Gasteiger partial charge >= 0.3 is 0 Å². The molecule has 1 saturated carbocycles. The zero-order valence-corrected chi connectivity index (χ0v) is 21.4. The molecule has 2 aliphatic rings. The van der Waals surface area contributed by atoms with Crippen molar-refractivity contribution in [1.29, 1.82) is 0 Å². The molecule has 2 aromatic carbocycles. The molecule has 1 fully saturated rings. The molecule has 4 aromatic rings. The number of rotatable bonds is 4. The van der Waals surface area contributed by atoms with Crippen molar-refractivity contribution in [1.82, 2.24) is 19.3 Å². The summed E-state index contributed by atoms with van der Waals surface area (Å²) in [6.07, 6.45) is 4.43. The lowest BCUT2D eigenvalue weighted by Gasteiger charge is -2.41. The van der Waals surface area contributed by atoms with Gasteiger partial charge in [-0.05, 0) is 56.0 Å². The highest BCUT2D eigenvalue weighted by Crippen LogP contribution is 2.42. The zero-order chi connectivity index (χ0) is 26.3. The Morgan fingerprint density at radius 3 is 2.70 bits per heavy atom. The first-order valence-corrected chi connectivity index (χ1v) is 13.5. The van der Waals surface area contributed by atoms with Crippen molar-refractivity contribution in [2.75, 3.05) is 19.4 Å². The van der Waals surface area contributed by atoms with Crippen LogP contribution in [0.4, 0.5) is 10.2 Å². The Balaban J connectivity index is 1.40. The van der Waals surface area contributed by atoms with E-state index in [1.165, 1.54) is 23.4 Å². The van der Waals surface area contributed by atoms with E-state index >= 15 is 4.39 Å². The number of sulfone groups is 1. The summed E-state index contributed by atoms with van der Waals surface area (Å²) in [5, 5.41) is -0.332. The van der Waals surface area contributed by atoms with Crippen LogP contribution in [-0.2, 0) is 20.2 Å². The second-order valence-corrected chi connectivity index (χ2v) is 12.4. The fourth-order valence-corrected chi connectivity index (χ4v) is 6.74. The molecular formula is C26H26FN5O4S. The molecule has 11 heteroatoms. The van der Waals surface area contributed by atoms with E-state index in [1.54, 1.807) is 35.8 Å². The highest BCUT2D eigenvalue weighted by molar-refractivity contribution is 7.92. The maximum absolute atomic E-state index is 15.2. The Morgan fingerprint density at radius 2 is 1.97 bits per heavy atom. The lowest BCUT2D eigenvalue weighted by atomic mass is 9.86. The third-order valence-corrected chi connectivity index (χ3v) is 9.67. The van der Waals surface area contributed by atoms with Crippen LogP contribution >= 0.6 is 0 Å². The fourth-order valence-electron chi connectivity index (χ4n) is 5.06. The topological polar surface area (TPSA) is 120 Å². The van der Waals surface area contributed by atoms with Gasteiger partial charge in [-0.3, -0.25) is 9.20 Å². The number of fused-ring (bicyclic) bond motifs is 4. The first kappa shape index (κ1) is 23.8. The van der Waals surface area contributed by atoms with Crippen molar-refractivity contribution in [3.8, 4) is 0 Å². The van der Waals surface area contributed by atoms with Gasteiger partial charge in [-0.1, -0.05) is 6.07 Å². The molecule has 0 unspecified atom stereocenters. The summed E-state index contributed by atoms with van der Waals surface area (Å²) >= 11 is 0. The van der Waals surface area contributed by atoms with Crippen LogP contribution in [0.5, 0.6) is 0 Å². The summed E-state index contributed by atoms with van der Waals surface area (Å²) in [6, 6.07) is 7.11. The number of aromatic nitrogens is 3. The lowest BCUT2D eigenvalue weighted by Crippen LogP contribution is -2.41. The molecule has 1 aliphatic heterocycles. The first-order valence-electron chi connectivity index (χ1n) is 12.0. The number of carbonyl (C=O) groups excluding carboxylic acids is 1. The van der Waals surface area contributed by atoms with Crippen LogP contribution in [0, 0.1) is 5.82 Å². The minimum absolute atomic E-state index is 0.129. The normalized spacial score (nSPS) is 19.2. The molecule has 9 nitrogen and oxygen atoms in total. The van der Waals surface area contributed by atoms with Crippen LogP contribution in [0.15, 0.2) is 47.8 Å². The van der Waals surface area contributed by atoms with E-state index in [2.05, 4.69) is 9.97 Å². The molecule has 0 radical (unpaired) electrons. The van der Waals surface area contributed by atoms with Crippen molar-refractivity contribution in [2.45, 2.75) is 48.5 Å². The molecule has 192 valence electrons. The highest BCUT2D eigenvalue weighted by Gasteiger charge is 2.41. The van der Waals surface area contributed by atoms with Gasteiger partial charge in [0.05, 0.1) is 57.5 Å². The highest BCUT2D eigenvalue weighted by atomic mass is 32.2. The second-order valence-electron chi connectivity index (χ2n) is 10.2. The SMILES string of the molecule is CN(C(=O)c1cc2c(cc1F)nc(N)c1cncn12)[C@@H]1COC(C)(C)c2cc(S(=O)(=O)C3CC3)ccc21. The lowest BCUT2D eigenvalue weighted by molar-refractivity contribution is -0.0613. The Hall–Kier alpha value is -3.57. The van der Waals surface area contributed by atoms with Gasteiger partial charge < -0.3 is 15.4 Å². The molecule has 2 aromatic heterocycles. The number of ether oxygens (including phenoxy) is 1. The molecule has 2 N–H and O–H groups in total. The zero-order valence-electron chi connectivity index (χ0n) is 20.6. The largest absolute Gasteiger partial charge is 0.382 e. The van der Waals surface area contributed by atoms with Crippen LogP contribution in [0.1, 0.15) is 54.2 Å². The summed E-state index contributed by atoms with van der Waals surface area (Å²) in [4.78, 5) is 23.6. The smallest absolute Gasteiger partial charge is 0.257 e. The Labute approximate surface area is 213 Å². The molecular weight excluding hydrogens is 497 g/mol. The first-order chi connectivity index (χ1) is 17.5. The van der Waals surface area contributed by atoms with E-state index < -0.39 is 33.2 Å². The number of imidazole rings is 1. The maximum Gasteiger partial charge on any atom is 0.257 e. The Morgan fingerprint density at radius 1 is 1.22 bits per heavy atom. The molecule has 1 aliphatic carbocycles. The second kappa shape index (κ2) is 7.96. The number of likely N-dealkylation sites (N-methyl/N-ethyl adjacent to an activating group) is 1. The van der Waals surface area contributed by atoms with E-state index in [9.17, 15) is 13.2 Å². The van der Waals surface area contributed by atoms with Gasteiger partial charge in [0.25, 0.3) is 5.91 Å². The minimum atomic E-state index is -3.40. The van der Waals surface area contributed by atoms with Gasteiger partial charge in [-0.2, -0.15) is 0 Å². The third-order valence-electron chi connectivity index (χ3n) is 7.41. The van der Waals surface area contributed by atoms with Crippen molar-refractivity contribution in [3.63, 3.8) is 0 Å². The molecule has 6 rings (SSSR count). The number of anilines is 1.